The highest BCUT2D eigenvalue weighted by Crippen LogP contribution is 2.18. The molecule has 2 aliphatic heterocycles. The first kappa shape index (κ1) is 11.0. The van der Waals surface area contributed by atoms with E-state index >= 15 is 0 Å². The second-order valence-corrected chi connectivity index (χ2v) is 5.03. The molecule has 0 unspecified atom stereocenters. The van der Waals surface area contributed by atoms with Gasteiger partial charge in [-0.15, -0.1) is 10.2 Å². The van der Waals surface area contributed by atoms with E-state index < -0.39 is 0 Å². The molecule has 0 aromatic carbocycles. The monoisotopic (exact) mass is 232 g/mol. The van der Waals surface area contributed by atoms with E-state index in [-0.39, 0.29) is 0 Å². The number of allylic oxidation sites excluding steroid dienone is 1. The number of fused-ring (bicyclic) bond motifs is 1. The highest BCUT2D eigenvalue weighted by Gasteiger charge is 2.14. The van der Waals surface area contributed by atoms with E-state index in [1.54, 1.807) is 0 Å². The first-order valence-corrected chi connectivity index (χ1v) is 6.74. The van der Waals surface area contributed by atoms with Crippen LogP contribution in [0.4, 0.5) is 0 Å². The molecule has 0 aliphatic carbocycles. The summed E-state index contributed by atoms with van der Waals surface area (Å²) in [7, 11) is 0. The maximum absolute atomic E-state index is 4.29. The number of nitrogens with zero attached hydrogens (tertiary/aromatic N) is 3. The summed E-state index contributed by atoms with van der Waals surface area (Å²) in [4.78, 5) is 0. The SMILES string of the molecule is C(=C\C1CCNCC1)/c1nnc2n1CCCC2. The van der Waals surface area contributed by atoms with Gasteiger partial charge in [0.1, 0.15) is 5.82 Å². The van der Waals surface area contributed by atoms with E-state index in [1.165, 1.54) is 31.5 Å². The summed E-state index contributed by atoms with van der Waals surface area (Å²) < 4.78 is 2.28. The van der Waals surface area contributed by atoms with Gasteiger partial charge < -0.3 is 9.88 Å². The van der Waals surface area contributed by atoms with Crippen molar-refractivity contribution in [2.75, 3.05) is 13.1 Å². The van der Waals surface area contributed by atoms with Crippen molar-refractivity contribution in [1.29, 1.82) is 0 Å². The molecule has 4 nitrogen and oxygen atoms in total. The van der Waals surface area contributed by atoms with Crippen molar-refractivity contribution in [2.24, 2.45) is 5.92 Å². The molecule has 1 aromatic heterocycles. The van der Waals surface area contributed by atoms with Crippen LogP contribution in [0.15, 0.2) is 6.08 Å². The van der Waals surface area contributed by atoms with Crippen LogP contribution in [-0.4, -0.2) is 27.9 Å². The van der Waals surface area contributed by atoms with Crippen LogP contribution in [-0.2, 0) is 13.0 Å². The Labute approximate surface area is 102 Å². The molecule has 1 fully saturated rings. The topological polar surface area (TPSA) is 42.7 Å². The second kappa shape index (κ2) is 5.00. The molecule has 0 radical (unpaired) electrons. The third kappa shape index (κ3) is 2.41. The Hall–Kier alpha value is -1.16. The molecule has 1 N–H and O–H groups in total. The summed E-state index contributed by atoms with van der Waals surface area (Å²) in [6.45, 7) is 3.38. The van der Waals surface area contributed by atoms with Gasteiger partial charge in [-0.2, -0.15) is 0 Å². The zero-order valence-corrected chi connectivity index (χ0v) is 10.2. The van der Waals surface area contributed by atoms with Crippen molar-refractivity contribution in [3.8, 4) is 0 Å². The van der Waals surface area contributed by atoms with Crippen molar-refractivity contribution in [1.82, 2.24) is 20.1 Å². The number of piperidine rings is 1. The normalized spacial score (nSPS) is 21.9. The van der Waals surface area contributed by atoms with Crippen LogP contribution in [0.1, 0.15) is 37.3 Å². The Morgan fingerprint density at radius 3 is 2.94 bits per heavy atom. The lowest BCUT2D eigenvalue weighted by Crippen LogP contribution is -2.26. The lowest BCUT2D eigenvalue weighted by Gasteiger charge is -2.19. The first-order chi connectivity index (χ1) is 8.43. The van der Waals surface area contributed by atoms with Crippen LogP contribution in [0.25, 0.3) is 6.08 Å². The van der Waals surface area contributed by atoms with E-state index in [2.05, 4.69) is 32.2 Å². The van der Waals surface area contributed by atoms with Gasteiger partial charge in [-0.25, -0.2) is 0 Å². The summed E-state index contributed by atoms with van der Waals surface area (Å²) in [5, 5.41) is 12.0. The molecular weight excluding hydrogens is 212 g/mol. The van der Waals surface area contributed by atoms with Gasteiger partial charge in [0.15, 0.2) is 5.82 Å². The van der Waals surface area contributed by atoms with Gasteiger partial charge in [0.25, 0.3) is 0 Å². The summed E-state index contributed by atoms with van der Waals surface area (Å²) in [5.74, 6) is 2.94. The number of rotatable bonds is 2. The lowest BCUT2D eigenvalue weighted by atomic mass is 9.98. The van der Waals surface area contributed by atoms with Gasteiger partial charge in [-0.05, 0) is 50.8 Å². The fraction of sp³-hybridized carbons (Fsp3) is 0.692. The van der Waals surface area contributed by atoms with E-state index in [4.69, 9.17) is 0 Å². The predicted octanol–water partition coefficient (Wildman–Crippen LogP) is 1.63. The minimum Gasteiger partial charge on any atom is -0.317 e. The summed E-state index contributed by atoms with van der Waals surface area (Å²) >= 11 is 0. The Bertz CT molecular complexity index is 402. The van der Waals surface area contributed by atoms with Crippen LogP contribution in [0.5, 0.6) is 0 Å². The fourth-order valence-electron chi connectivity index (χ4n) is 2.71. The minimum atomic E-state index is 0.716. The Kier molecular flexibility index (Phi) is 3.22. The molecule has 0 bridgehead atoms. The van der Waals surface area contributed by atoms with Crippen LogP contribution in [0, 0.1) is 5.92 Å². The van der Waals surface area contributed by atoms with Crippen LogP contribution in [0.3, 0.4) is 0 Å². The van der Waals surface area contributed by atoms with Gasteiger partial charge in [-0.1, -0.05) is 6.08 Å². The van der Waals surface area contributed by atoms with Crippen molar-refractivity contribution in [3.05, 3.63) is 17.7 Å². The molecule has 1 aromatic rings. The average molecular weight is 232 g/mol. The molecule has 92 valence electrons. The van der Waals surface area contributed by atoms with Gasteiger partial charge in [0, 0.05) is 13.0 Å². The first-order valence-electron chi connectivity index (χ1n) is 6.74. The van der Waals surface area contributed by atoms with Gasteiger partial charge in [-0.3, -0.25) is 0 Å². The number of nitrogens with one attached hydrogen (secondary N) is 1. The standard InChI is InChI=1S/C13H20N4/c1-2-10-17-12(3-1)15-16-13(17)5-4-11-6-8-14-9-7-11/h4-5,11,14H,1-3,6-10H2/b5-4+. The quantitative estimate of drug-likeness (QED) is 0.842. The van der Waals surface area contributed by atoms with Crippen LogP contribution < -0.4 is 5.32 Å². The van der Waals surface area contributed by atoms with Crippen LogP contribution in [0.2, 0.25) is 0 Å². The summed E-state index contributed by atoms with van der Waals surface area (Å²) in [6.07, 6.45) is 10.6. The largest absolute Gasteiger partial charge is 0.317 e. The summed E-state index contributed by atoms with van der Waals surface area (Å²) in [6, 6.07) is 0. The summed E-state index contributed by atoms with van der Waals surface area (Å²) in [5.41, 5.74) is 0. The Balaban J connectivity index is 1.71. The molecule has 3 heterocycles. The van der Waals surface area contributed by atoms with Crippen molar-refractivity contribution in [2.45, 2.75) is 38.6 Å². The van der Waals surface area contributed by atoms with Gasteiger partial charge in [0.05, 0.1) is 0 Å². The predicted molar refractivity (Wildman–Crippen MR) is 67.6 cm³/mol. The minimum absolute atomic E-state index is 0.716. The highest BCUT2D eigenvalue weighted by atomic mass is 15.3. The molecule has 4 heteroatoms. The number of aromatic nitrogens is 3. The number of aryl methyl sites for hydroxylation is 1. The second-order valence-electron chi connectivity index (χ2n) is 5.03. The van der Waals surface area contributed by atoms with E-state index in [9.17, 15) is 0 Å². The molecule has 0 amide bonds. The molecule has 3 rings (SSSR count). The van der Waals surface area contributed by atoms with Gasteiger partial charge >= 0.3 is 0 Å². The third-order valence-corrected chi connectivity index (χ3v) is 3.79. The van der Waals surface area contributed by atoms with Crippen molar-refractivity contribution in [3.63, 3.8) is 0 Å². The molecule has 0 atom stereocenters. The molecular formula is C13H20N4. The van der Waals surface area contributed by atoms with Gasteiger partial charge in [0.2, 0.25) is 0 Å². The maximum atomic E-state index is 4.29. The average Bonchev–Trinajstić information content (AvgIpc) is 2.81. The highest BCUT2D eigenvalue weighted by molar-refractivity contribution is 5.41. The number of hydrogen-bond acceptors (Lipinski definition) is 3. The Morgan fingerprint density at radius 1 is 1.18 bits per heavy atom. The van der Waals surface area contributed by atoms with Crippen molar-refractivity contribution < 1.29 is 0 Å². The molecule has 0 saturated carbocycles. The maximum Gasteiger partial charge on any atom is 0.156 e. The number of hydrogen-bond donors (Lipinski definition) is 1. The molecule has 1 saturated heterocycles. The smallest absolute Gasteiger partial charge is 0.156 e. The molecule has 17 heavy (non-hydrogen) atoms. The molecule has 0 spiro atoms. The van der Waals surface area contributed by atoms with E-state index in [1.807, 2.05) is 0 Å². The van der Waals surface area contributed by atoms with E-state index in [0.717, 1.165) is 31.9 Å². The lowest BCUT2D eigenvalue weighted by molar-refractivity contribution is 0.437. The Morgan fingerprint density at radius 2 is 2.06 bits per heavy atom. The third-order valence-electron chi connectivity index (χ3n) is 3.79. The zero-order valence-electron chi connectivity index (χ0n) is 10.2. The fourth-order valence-corrected chi connectivity index (χ4v) is 2.71. The van der Waals surface area contributed by atoms with E-state index in [0.29, 0.717) is 5.92 Å². The molecule has 2 aliphatic rings. The van der Waals surface area contributed by atoms with Crippen molar-refractivity contribution >= 4 is 6.08 Å². The van der Waals surface area contributed by atoms with Crippen LogP contribution >= 0.6 is 0 Å². The zero-order chi connectivity index (χ0) is 11.5.